The maximum absolute atomic E-state index is 5.27. The molecule has 0 radical (unpaired) electrons. The summed E-state index contributed by atoms with van der Waals surface area (Å²) in [5.74, 6) is 0.525. The van der Waals surface area contributed by atoms with Crippen LogP contribution in [0.3, 0.4) is 0 Å². The van der Waals surface area contributed by atoms with Crippen molar-refractivity contribution in [2.45, 2.75) is 6.54 Å². The molecule has 0 bridgehead atoms. The van der Waals surface area contributed by atoms with Crippen LogP contribution in [-0.2, 0) is 6.54 Å². The molecule has 0 aliphatic carbocycles. The van der Waals surface area contributed by atoms with Crippen molar-refractivity contribution in [3.05, 3.63) is 53.3 Å². The Hall–Kier alpha value is -2.34. The fraction of sp³-hybridized carbons (Fsp3) is 0.143. The standard InChI is InChI=1S/C14H13N5S/c1-15-13-17-9-19(14(20)18-13)8-12-11-5-3-2-4-10(11)6-7-16-12/h2-7,9H,8H2,1H3,(H,15,18,20). The summed E-state index contributed by atoms with van der Waals surface area (Å²) in [5.41, 5.74) is 0.958. The minimum atomic E-state index is 0.485. The van der Waals surface area contributed by atoms with Gasteiger partial charge in [-0.25, -0.2) is 4.98 Å². The highest BCUT2D eigenvalue weighted by atomic mass is 32.1. The number of aromatic nitrogens is 4. The van der Waals surface area contributed by atoms with Crippen molar-refractivity contribution in [2.75, 3.05) is 12.4 Å². The first-order valence-corrected chi connectivity index (χ1v) is 6.62. The van der Waals surface area contributed by atoms with E-state index in [1.165, 1.54) is 0 Å². The summed E-state index contributed by atoms with van der Waals surface area (Å²) >= 11 is 5.27. The van der Waals surface area contributed by atoms with E-state index in [2.05, 4.69) is 32.4 Å². The molecule has 1 aromatic carbocycles. The van der Waals surface area contributed by atoms with Crippen LogP contribution in [0.25, 0.3) is 10.8 Å². The third-order valence-electron chi connectivity index (χ3n) is 3.07. The number of hydrogen-bond donors (Lipinski definition) is 1. The van der Waals surface area contributed by atoms with Gasteiger partial charge in [0.15, 0.2) is 0 Å². The maximum Gasteiger partial charge on any atom is 0.226 e. The summed E-state index contributed by atoms with van der Waals surface area (Å²) < 4.78 is 2.30. The van der Waals surface area contributed by atoms with E-state index in [-0.39, 0.29) is 0 Å². The molecule has 3 aromatic rings. The zero-order valence-electron chi connectivity index (χ0n) is 10.9. The Morgan fingerprint density at radius 2 is 2.05 bits per heavy atom. The van der Waals surface area contributed by atoms with Crippen molar-refractivity contribution in [1.29, 1.82) is 0 Å². The highest BCUT2D eigenvalue weighted by Crippen LogP contribution is 2.17. The Kier molecular flexibility index (Phi) is 3.39. The van der Waals surface area contributed by atoms with Crippen LogP contribution in [0, 0.1) is 4.77 Å². The average molecular weight is 283 g/mol. The second-order valence-electron chi connectivity index (χ2n) is 4.32. The van der Waals surface area contributed by atoms with Gasteiger partial charge in [0.2, 0.25) is 10.7 Å². The minimum Gasteiger partial charge on any atom is -0.357 e. The molecule has 0 aliphatic heterocycles. The number of rotatable bonds is 3. The zero-order valence-corrected chi connectivity index (χ0v) is 11.8. The van der Waals surface area contributed by atoms with Crippen molar-refractivity contribution >= 4 is 28.9 Å². The normalized spacial score (nSPS) is 10.7. The lowest BCUT2D eigenvalue weighted by Gasteiger charge is -2.08. The van der Waals surface area contributed by atoms with Gasteiger partial charge in [0.1, 0.15) is 6.33 Å². The number of nitrogens with zero attached hydrogens (tertiary/aromatic N) is 4. The van der Waals surface area contributed by atoms with Gasteiger partial charge in [0.05, 0.1) is 12.2 Å². The topological polar surface area (TPSA) is 55.6 Å². The molecule has 0 atom stereocenters. The lowest BCUT2D eigenvalue weighted by atomic mass is 10.1. The Balaban J connectivity index is 2.03. The highest BCUT2D eigenvalue weighted by Gasteiger charge is 2.04. The first-order chi connectivity index (χ1) is 9.78. The van der Waals surface area contributed by atoms with Crippen LogP contribution >= 0.6 is 12.2 Å². The lowest BCUT2D eigenvalue weighted by molar-refractivity contribution is 0.714. The summed E-state index contributed by atoms with van der Waals surface area (Å²) in [5, 5.41) is 5.15. The van der Waals surface area contributed by atoms with E-state index in [1.807, 2.05) is 29.0 Å². The first kappa shape index (κ1) is 12.7. The molecular weight excluding hydrogens is 270 g/mol. The van der Waals surface area contributed by atoms with E-state index in [1.54, 1.807) is 13.4 Å². The molecule has 0 fully saturated rings. The van der Waals surface area contributed by atoms with Crippen LogP contribution in [0.15, 0.2) is 42.9 Å². The lowest BCUT2D eigenvalue weighted by Crippen LogP contribution is -2.08. The molecule has 0 spiro atoms. The van der Waals surface area contributed by atoms with Crippen molar-refractivity contribution in [1.82, 2.24) is 19.5 Å². The second-order valence-corrected chi connectivity index (χ2v) is 4.68. The Labute approximate surface area is 121 Å². The fourth-order valence-corrected chi connectivity index (χ4v) is 2.25. The smallest absolute Gasteiger partial charge is 0.226 e. The predicted molar refractivity (Wildman–Crippen MR) is 81.2 cm³/mol. The summed E-state index contributed by atoms with van der Waals surface area (Å²) in [6.45, 7) is 0.560. The second kappa shape index (κ2) is 5.34. The molecule has 2 aromatic heterocycles. The monoisotopic (exact) mass is 283 g/mol. The largest absolute Gasteiger partial charge is 0.357 e. The van der Waals surface area contributed by atoms with E-state index in [0.29, 0.717) is 17.3 Å². The van der Waals surface area contributed by atoms with E-state index >= 15 is 0 Å². The SMILES string of the molecule is CNc1ncn(Cc2nccc3ccccc23)c(=S)n1. The molecule has 0 saturated carbocycles. The highest BCUT2D eigenvalue weighted by molar-refractivity contribution is 7.71. The Morgan fingerprint density at radius 3 is 2.85 bits per heavy atom. The van der Waals surface area contributed by atoms with E-state index in [4.69, 9.17) is 12.2 Å². The molecule has 5 nitrogen and oxygen atoms in total. The molecule has 0 unspecified atom stereocenters. The molecule has 0 amide bonds. The zero-order chi connectivity index (χ0) is 13.9. The van der Waals surface area contributed by atoms with Crippen LogP contribution in [0.4, 0.5) is 5.95 Å². The van der Waals surface area contributed by atoms with E-state index in [9.17, 15) is 0 Å². The summed E-state index contributed by atoms with van der Waals surface area (Å²) in [6.07, 6.45) is 3.49. The van der Waals surface area contributed by atoms with Gasteiger partial charge in [-0.15, -0.1) is 0 Å². The molecular formula is C14H13N5S. The molecule has 0 aliphatic rings. The van der Waals surface area contributed by atoms with Crippen molar-refractivity contribution in [3.63, 3.8) is 0 Å². The number of nitrogens with one attached hydrogen (secondary N) is 1. The minimum absolute atomic E-state index is 0.485. The number of pyridine rings is 1. The van der Waals surface area contributed by atoms with Crippen LogP contribution in [0.5, 0.6) is 0 Å². The quantitative estimate of drug-likeness (QED) is 0.749. The molecule has 3 rings (SSSR count). The number of fused-ring (bicyclic) bond motifs is 1. The van der Waals surface area contributed by atoms with Crippen LogP contribution < -0.4 is 5.32 Å². The van der Waals surface area contributed by atoms with E-state index < -0.39 is 0 Å². The number of hydrogen-bond acceptors (Lipinski definition) is 5. The van der Waals surface area contributed by atoms with Gasteiger partial charge >= 0.3 is 0 Å². The van der Waals surface area contributed by atoms with Gasteiger partial charge in [0, 0.05) is 18.6 Å². The van der Waals surface area contributed by atoms with Crippen molar-refractivity contribution in [3.8, 4) is 0 Å². The third-order valence-corrected chi connectivity index (χ3v) is 3.39. The number of anilines is 1. The van der Waals surface area contributed by atoms with E-state index in [0.717, 1.165) is 16.5 Å². The van der Waals surface area contributed by atoms with Gasteiger partial charge in [0.25, 0.3) is 0 Å². The Morgan fingerprint density at radius 1 is 1.20 bits per heavy atom. The van der Waals surface area contributed by atoms with Gasteiger partial charge < -0.3 is 9.88 Å². The predicted octanol–water partition coefficient (Wildman–Crippen LogP) is 2.65. The maximum atomic E-state index is 5.27. The molecule has 20 heavy (non-hydrogen) atoms. The molecule has 1 N–H and O–H groups in total. The van der Waals surface area contributed by atoms with Gasteiger partial charge in [-0.2, -0.15) is 4.98 Å². The van der Waals surface area contributed by atoms with Crippen LogP contribution in [0.2, 0.25) is 0 Å². The average Bonchev–Trinajstić information content (AvgIpc) is 2.49. The first-order valence-electron chi connectivity index (χ1n) is 6.22. The number of benzene rings is 1. The summed E-state index contributed by atoms with van der Waals surface area (Å²) in [6, 6.07) is 10.2. The van der Waals surface area contributed by atoms with Gasteiger partial charge in [-0.1, -0.05) is 24.3 Å². The van der Waals surface area contributed by atoms with Crippen LogP contribution in [0.1, 0.15) is 5.69 Å². The van der Waals surface area contributed by atoms with Crippen LogP contribution in [-0.4, -0.2) is 26.6 Å². The fourth-order valence-electron chi connectivity index (χ4n) is 2.06. The molecule has 6 heteroatoms. The van der Waals surface area contributed by atoms with Gasteiger partial charge in [-0.3, -0.25) is 4.98 Å². The van der Waals surface area contributed by atoms with Gasteiger partial charge in [-0.05, 0) is 23.7 Å². The summed E-state index contributed by atoms with van der Waals surface area (Å²) in [4.78, 5) is 12.8. The molecule has 2 heterocycles. The molecule has 100 valence electrons. The summed E-state index contributed by atoms with van der Waals surface area (Å²) in [7, 11) is 1.76. The van der Waals surface area contributed by atoms with Crippen molar-refractivity contribution < 1.29 is 0 Å². The van der Waals surface area contributed by atoms with Crippen molar-refractivity contribution in [2.24, 2.45) is 0 Å². The molecule has 0 saturated heterocycles. The third kappa shape index (κ3) is 2.37. The Bertz CT molecular complexity index is 807.